The van der Waals surface area contributed by atoms with Crippen LogP contribution in [0, 0.1) is 6.92 Å². The SMILES string of the molecule is CCOC(=O)c1sc(NC(=O)CS(=O)(=O)c2ccc(Cl)cc2)nc1C. The highest BCUT2D eigenvalue weighted by molar-refractivity contribution is 7.92. The summed E-state index contributed by atoms with van der Waals surface area (Å²) in [5.41, 5.74) is 0.402. The quantitative estimate of drug-likeness (QED) is 0.745. The molecule has 2 rings (SSSR count). The van der Waals surface area contributed by atoms with E-state index in [4.69, 9.17) is 16.3 Å². The van der Waals surface area contributed by atoms with E-state index in [9.17, 15) is 18.0 Å². The van der Waals surface area contributed by atoms with Crippen molar-refractivity contribution < 1.29 is 22.7 Å². The summed E-state index contributed by atoms with van der Waals surface area (Å²) in [6.45, 7) is 3.50. The van der Waals surface area contributed by atoms with Crippen LogP contribution in [0.2, 0.25) is 5.02 Å². The van der Waals surface area contributed by atoms with Gasteiger partial charge in [-0.15, -0.1) is 0 Å². The molecule has 1 heterocycles. The number of nitrogens with zero attached hydrogens (tertiary/aromatic N) is 1. The van der Waals surface area contributed by atoms with Gasteiger partial charge in [0, 0.05) is 5.02 Å². The van der Waals surface area contributed by atoms with Crippen LogP contribution in [0.4, 0.5) is 5.13 Å². The summed E-state index contributed by atoms with van der Waals surface area (Å²) < 4.78 is 29.3. The Kier molecular flexibility index (Phi) is 6.15. The molecule has 0 bridgehead atoms. The fraction of sp³-hybridized carbons (Fsp3) is 0.267. The molecule has 0 saturated heterocycles. The van der Waals surface area contributed by atoms with Gasteiger partial charge in [0.25, 0.3) is 0 Å². The molecule has 0 saturated carbocycles. The summed E-state index contributed by atoms with van der Waals surface area (Å²) in [6.07, 6.45) is 0. The van der Waals surface area contributed by atoms with E-state index in [0.29, 0.717) is 10.7 Å². The second-order valence-electron chi connectivity index (χ2n) is 4.92. The van der Waals surface area contributed by atoms with Gasteiger partial charge in [0.05, 0.1) is 17.2 Å². The lowest BCUT2D eigenvalue weighted by molar-refractivity contribution is -0.113. The molecule has 1 aromatic heterocycles. The molecule has 2 aromatic rings. The number of carbonyl (C=O) groups is 2. The first-order valence-electron chi connectivity index (χ1n) is 7.15. The largest absolute Gasteiger partial charge is 0.462 e. The second-order valence-corrected chi connectivity index (χ2v) is 8.34. The average molecular weight is 403 g/mol. The van der Waals surface area contributed by atoms with E-state index in [0.717, 1.165) is 11.3 Å². The standard InChI is InChI=1S/C15H15ClN2O5S2/c1-3-23-14(20)13-9(2)17-15(24-13)18-12(19)8-25(21,22)11-6-4-10(16)5-7-11/h4-7H,3,8H2,1-2H3,(H,17,18,19). The Morgan fingerprint density at radius 2 is 1.92 bits per heavy atom. The lowest BCUT2D eigenvalue weighted by Gasteiger charge is -2.04. The maximum atomic E-state index is 12.2. The molecule has 0 aliphatic rings. The maximum Gasteiger partial charge on any atom is 0.350 e. The second kappa shape index (κ2) is 7.94. The molecule has 1 N–H and O–H groups in total. The number of hydrogen-bond acceptors (Lipinski definition) is 7. The Bertz CT molecular complexity index is 891. The molecule has 1 aromatic carbocycles. The number of ether oxygens (including phenoxy) is 1. The molecule has 0 atom stereocenters. The van der Waals surface area contributed by atoms with E-state index in [-0.39, 0.29) is 21.5 Å². The van der Waals surface area contributed by atoms with E-state index in [1.807, 2.05) is 0 Å². The number of halogens is 1. The van der Waals surface area contributed by atoms with Crippen molar-refractivity contribution >= 4 is 49.8 Å². The molecular formula is C15H15ClN2O5S2. The number of sulfone groups is 1. The Labute approximate surface area is 153 Å². The molecule has 0 radical (unpaired) electrons. The van der Waals surface area contributed by atoms with Crippen LogP contribution in [0.3, 0.4) is 0 Å². The minimum Gasteiger partial charge on any atom is -0.462 e. The van der Waals surface area contributed by atoms with Gasteiger partial charge in [-0.3, -0.25) is 4.79 Å². The highest BCUT2D eigenvalue weighted by Crippen LogP contribution is 2.23. The monoisotopic (exact) mass is 402 g/mol. The normalized spacial score (nSPS) is 11.2. The van der Waals surface area contributed by atoms with Gasteiger partial charge in [-0.25, -0.2) is 18.2 Å². The fourth-order valence-electron chi connectivity index (χ4n) is 1.89. The number of carbonyl (C=O) groups excluding carboxylic acids is 2. The predicted molar refractivity (Wildman–Crippen MR) is 94.9 cm³/mol. The zero-order chi connectivity index (χ0) is 18.6. The number of nitrogens with one attached hydrogen (secondary N) is 1. The van der Waals surface area contributed by atoms with Gasteiger partial charge in [-0.1, -0.05) is 22.9 Å². The fourth-order valence-corrected chi connectivity index (χ4v) is 4.03. The van der Waals surface area contributed by atoms with Crippen molar-refractivity contribution in [2.75, 3.05) is 17.7 Å². The number of rotatable bonds is 6. The number of aromatic nitrogens is 1. The third-order valence-corrected chi connectivity index (χ3v) is 5.94. The number of aryl methyl sites for hydroxylation is 1. The molecule has 25 heavy (non-hydrogen) atoms. The van der Waals surface area contributed by atoms with Crippen molar-refractivity contribution in [1.29, 1.82) is 0 Å². The molecule has 0 aliphatic heterocycles. The van der Waals surface area contributed by atoms with Crippen LogP contribution in [-0.4, -0.2) is 37.6 Å². The van der Waals surface area contributed by atoms with Crippen LogP contribution in [0.5, 0.6) is 0 Å². The van der Waals surface area contributed by atoms with E-state index in [1.165, 1.54) is 24.3 Å². The van der Waals surface area contributed by atoms with Gasteiger partial charge in [-0.05, 0) is 38.1 Å². The molecule has 134 valence electrons. The number of anilines is 1. The lowest BCUT2D eigenvalue weighted by Crippen LogP contribution is -2.22. The minimum absolute atomic E-state index is 0.00502. The van der Waals surface area contributed by atoms with Gasteiger partial charge < -0.3 is 10.1 Å². The zero-order valence-electron chi connectivity index (χ0n) is 13.4. The smallest absolute Gasteiger partial charge is 0.350 e. The third-order valence-electron chi connectivity index (χ3n) is 3.00. The van der Waals surface area contributed by atoms with Crippen molar-refractivity contribution in [1.82, 2.24) is 4.98 Å². The summed E-state index contributed by atoms with van der Waals surface area (Å²) in [5, 5.41) is 2.93. The third kappa shape index (κ3) is 5.00. The van der Waals surface area contributed by atoms with Crippen LogP contribution in [0.15, 0.2) is 29.2 Å². The lowest BCUT2D eigenvalue weighted by atomic mass is 10.4. The van der Waals surface area contributed by atoms with Gasteiger partial charge >= 0.3 is 5.97 Å². The van der Waals surface area contributed by atoms with E-state index in [2.05, 4.69) is 10.3 Å². The van der Waals surface area contributed by atoms with Crippen LogP contribution in [0.25, 0.3) is 0 Å². The molecular weight excluding hydrogens is 388 g/mol. The van der Waals surface area contributed by atoms with Gasteiger partial charge in [0.2, 0.25) is 5.91 Å². The van der Waals surface area contributed by atoms with Crippen molar-refractivity contribution in [3.05, 3.63) is 39.9 Å². The summed E-state index contributed by atoms with van der Waals surface area (Å²) in [4.78, 5) is 28.1. The van der Waals surface area contributed by atoms with Crippen molar-refractivity contribution in [2.24, 2.45) is 0 Å². The Hall–Kier alpha value is -1.97. The van der Waals surface area contributed by atoms with Crippen LogP contribution < -0.4 is 5.32 Å². The van der Waals surface area contributed by atoms with Crippen molar-refractivity contribution in [3.8, 4) is 0 Å². The maximum absolute atomic E-state index is 12.2. The zero-order valence-corrected chi connectivity index (χ0v) is 15.8. The number of hydrogen-bond donors (Lipinski definition) is 1. The highest BCUT2D eigenvalue weighted by Gasteiger charge is 2.22. The average Bonchev–Trinajstić information content (AvgIpc) is 2.87. The number of amides is 1. The molecule has 10 heteroatoms. The molecule has 1 amide bonds. The molecule has 0 aliphatic carbocycles. The van der Waals surface area contributed by atoms with Crippen molar-refractivity contribution in [2.45, 2.75) is 18.7 Å². The van der Waals surface area contributed by atoms with E-state index < -0.39 is 27.5 Å². The van der Waals surface area contributed by atoms with E-state index in [1.54, 1.807) is 13.8 Å². The molecule has 7 nitrogen and oxygen atoms in total. The van der Waals surface area contributed by atoms with Crippen LogP contribution in [-0.2, 0) is 19.4 Å². The van der Waals surface area contributed by atoms with Gasteiger partial charge in [-0.2, -0.15) is 0 Å². The van der Waals surface area contributed by atoms with Crippen LogP contribution in [0.1, 0.15) is 22.3 Å². The first-order chi connectivity index (χ1) is 11.7. The minimum atomic E-state index is -3.81. The van der Waals surface area contributed by atoms with E-state index >= 15 is 0 Å². The Morgan fingerprint density at radius 1 is 1.28 bits per heavy atom. The molecule has 0 unspecified atom stereocenters. The first-order valence-corrected chi connectivity index (χ1v) is 10.0. The topological polar surface area (TPSA) is 102 Å². The number of thiazole rings is 1. The molecule has 0 spiro atoms. The number of esters is 1. The summed E-state index contributed by atoms with van der Waals surface area (Å²) >= 11 is 6.65. The highest BCUT2D eigenvalue weighted by atomic mass is 35.5. The van der Waals surface area contributed by atoms with Crippen LogP contribution >= 0.6 is 22.9 Å². The summed E-state index contributed by atoms with van der Waals surface area (Å²) in [6, 6.07) is 5.53. The Morgan fingerprint density at radius 3 is 2.52 bits per heavy atom. The molecule has 0 fully saturated rings. The first kappa shape index (κ1) is 19.4. The predicted octanol–water partition coefficient (Wildman–Crippen LogP) is 2.69. The van der Waals surface area contributed by atoms with Gasteiger partial charge in [0.15, 0.2) is 15.0 Å². The van der Waals surface area contributed by atoms with Crippen molar-refractivity contribution in [3.63, 3.8) is 0 Å². The summed E-state index contributed by atoms with van der Waals surface area (Å²) in [7, 11) is -3.81. The Balaban J connectivity index is 2.08. The number of benzene rings is 1. The van der Waals surface area contributed by atoms with Gasteiger partial charge in [0.1, 0.15) is 10.6 Å². The summed E-state index contributed by atoms with van der Waals surface area (Å²) in [5.74, 6) is -2.03.